The number of nitrogens with zero attached hydrogens (tertiary/aromatic N) is 2. The lowest BCUT2D eigenvalue weighted by Gasteiger charge is -2.19. The number of hydrogen-bond acceptors (Lipinski definition) is 4. The number of aliphatic hydroxyl groups excluding tert-OH is 1. The van der Waals surface area contributed by atoms with E-state index < -0.39 is 0 Å². The maximum Gasteiger partial charge on any atom is 0.255 e. The topological polar surface area (TPSA) is 62.7 Å². The van der Waals surface area contributed by atoms with Crippen molar-refractivity contribution in [1.82, 2.24) is 9.88 Å². The third-order valence-corrected chi connectivity index (χ3v) is 2.38. The van der Waals surface area contributed by atoms with Gasteiger partial charge in [-0.05, 0) is 26.8 Å². The number of aliphatic hydroxyl groups is 1. The highest BCUT2D eigenvalue weighted by molar-refractivity contribution is 5.93. The molecule has 5 heteroatoms. The third kappa shape index (κ3) is 4.00. The first-order valence-electron chi connectivity index (χ1n) is 6.11. The second-order valence-electron chi connectivity index (χ2n) is 4.16. The molecule has 0 unspecified atom stereocenters. The number of amides is 1. The van der Waals surface area contributed by atoms with Crippen molar-refractivity contribution in [2.24, 2.45) is 0 Å². The summed E-state index contributed by atoms with van der Waals surface area (Å²) >= 11 is 0. The molecule has 0 aromatic carbocycles. The summed E-state index contributed by atoms with van der Waals surface area (Å²) in [6, 6.07) is 3.37. The van der Waals surface area contributed by atoms with Crippen LogP contribution in [0, 0.1) is 0 Å². The molecule has 0 fully saturated rings. The fourth-order valence-corrected chi connectivity index (χ4v) is 1.52. The van der Waals surface area contributed by atoms with Crippen molar-refractivity contribution < 1.29 is 14.6 Å². The maximum absolute atomic E-state index is 12.0. The van der Waals surface area contributed by atoms with Crippen molar-refractivity contribution in [3.8, 4) is 5.88 Å². The Bertz CT molecular complexity index is 376. The predicted molar refractivity (Wildman–Crippen MR) is 68.7 cm³/mol. The van der Waals surface area contributed by atoms with Crippen molar-refractivity contribution in [2.45, 2.75) is 26.9 Å². The minimum atomic E-state index is -0.129. The van der Waals surface area contributed by atoms with E-state index in [1.54, 1.807) is 17.0 Å². The van der Waals surface area contributed by atoms with Crippen molar-refractivity contribution >= 4 is 5.91 Å². The van der Waals surface area contributed by atoms with Gasteiger partial charge in [0.25, 0.3) is 5.91 Å². The maximum atomic E-state index is 12.0. The van der Waals surface area contributed by atoms with Crippen LogP contribution in [0.2, 0.25) is 0 Å². The average Bonchev–Trinajstić information content (AvgIpc) is 2.35. The molecule has 1 rings (SSSR count). The van der Waals surface area contributed by atoms with E-state index in [1.807, 2.05) is 20.8 Å². The lowest BCUT2D eigenvalue weighted by molar-refractivity contribution is 0.0731. The van der Waals surface area contributed by atoms with Gasteiger partial charge in [0.15, 0.2) is 0 Å². The number of rotatable bonds is 6. The number of aromatic nitrogens is 1. The molecule has 0 spiro atoms. The summed E-state index contributed by atoms with van der Waals surface area (Å²) in [5.41, 5.74) is 0.501. The largest absolute Gasteiger partial charge is 0.475 e. The molecule has 100 valence electrons. The zero-order valence-electron chi connectivity index (χ0n) is 11.1. The van der Waals surface area contributed by atoms with Gasteiger partial charge in [0, 0.05) is 25.4 Å². The number of hydrogen-bond donors (Lipinski definition) is 1. The van der Waals surface area contributed by atoms with E-state index in [1.165, 1.54) is 6.20 Å². The van der Waals surface area contributed by atoms with Gasteiger partial charge in [0.1, 0.15) is 0 Å². The minimum absolute atomic E-state index is 0.0401. The number of carbonyl (C=O) groups excluding carboxylic acids is 1. The Kier molecular flexibility index (Phi) is 5.58. The molecule has 1 aromatic rings. The van der Waals surface area contributed by atoms with Gasteiger partial charge in [-0.1, -0.05) is 0 Å². The Balaban J connectivity index is 2.74. The normalized spacial score (nSPS) is 10.5. The van der Waals surface area contributed by atoms with Gasteiger partial charge in [-0.15, -0.1) is 0 Å². The van der Waals surface area contributed by atoms with Crippen LogP contribution in [-0.4, -0.2) is 46.7 Å². The predicted octanol–water partition coefficient (Wildman–Crippen LogP) is 1.32. The lowest BCUT2D eigenvalue weighted by Crippen LogP contribution is -2.33. The summed E-state index contributed by atoms with van der Waals surface area (Å²) in [6.45, 7) is 6.56. The summed E-state index contributed by atoms with van der Waals surface area (Å²) in [5.74, 6) is 0.377. The molecular formula is C13H20N2O3. The van der Waals surface area contributed by atoms with Crippen molar-refractivity contribution in [3.63, 3.8) is 0 Å². The quantitative estimate of drug-likeness (QED) is 0.829. The lowest BCUT2D eigenvalue weighted by atomic mass is 10.2. The first-order valence-corrected chi connectivity index (χ1v) is 6.11. The van der Waals surface area contributed by atoms with Crippen LogP contribution in [0.4, 0.5) is 0 Å². The number of ether oxygens (including phenoxy) is 1. The Morgan fingerprint density at radius 3 is 2.67 bits per heavy atom. The van der Waals surface area contributed by atoms with E-state index in [-0.39, 0.29) is 18.6 Å². The molecule has 0 saturated heterocycles. The minimum Gasteiger partial charge on any atom is -0.475 e. The first-order chi connectivity index (χ1) is 8.58. The first kappa shape index (κ1) is 14.4. The van der Waals surface area contributed by atoms with Crippen LogP contribution >= 0.6 is 0 Å². The van der Waals surface area contributed by atoms with Crippen LogP contribution in [0.1, 0.15) is 31.1 Å². The molecule has 1 amide bonds. The zero-order valence-corrected chi connectivity index (χ0v) is 11.1. The standard InChI is InChI=1S/C13H20N2O3/c1-4-15(7-8-16)13(17)11-5-6-12(14-9-11)18-10(2)3/h5-6,9-10,16H,4,7-8H2,1-3H3. The molecule has 1 aromatic heterocycles. The van der Waals surface area contributed by atoms with Crippen LogP contribution in [0.15, 0.2) is 18.3 Å². The smallest absolute Gasteiger partial charge is 0.255 e. The van der Waals surface area contributed by atoms with Gasteiger partial charge in [0.05, 0.1) is 18.3 Å². The van der Waals surface area contributed by atoms with Crippen molar-refractivity contribution in [1.29, 1.82) is 0 Å². The van der Waals surface area contributed by atoms with E-state index in [2.05, 4.69) is 4.98 Å². The number of carbonyl (C=O) groups is 1. The van der Waals surface area contributed by atoms with E-state index in [0.29, 0.717) is 24.5 Å². The molecule has 0 atom stereocenters. The molecule has 5 nitrogen and oxygen atoms in total. The van der Waals surface area contributed by atoms with E-state index in [0.717, 1.165) is 0 Å². The highest BCUT2D eigenvalue weighted by atomic mass is 16.5. The molecule has 18 heavy (non-hydrogen) atoms. The summed E-state index contributed by atoms with van der Waals surface area (Å²) in [7, 11) is 0. The molecule has 0 bridgehead atoms. The molecule has 0 aliphatic rings. The Hall–Kier alpha value is -1.62. The fourth-order valence-electron chi connectivity index (χ4n) is 1.52. The molecule has 0 aliphatic carbocycles. The van der Waals surface area contributed by atoms with E-state index >= 15 is 0 Å². The van der Waals surface area contributed by atoms with Gasteiger partial charge in [-0.3, -0.25) is 4.79 Å². The molecule has 0 aliphatic heterocycles. The third-order valence-electron chi connectivity index (χ3n) is 2.38. The highest BCUT2D eigenvalue weighted by Crippen LogP contribution is 2.11. The number of pyridine rings is 1. The summed E-state index contributed by atoms with van der Waals surface area (Å²) in [5, 5.41) is 8.88. The Morgan fingerprint density at radius 1 is 1.50 bits per heavy atom. The van der Waals surface area contributed by atoms with Gasteiger partial charge in [-0.25, -0.2) is 4.98 Å². The zero-order chi connectivity index (χ0) is 13.5. The second kappa shape index (κ2) is 6.96. The summed E-state index contributed by atoms with van der Waals surface area (Å²) in [6.07, 6.45) is 1.56. The highest BCUT2D eigenvalue weighted by Gasteiger charge is 2.14. The van der Waals surface area contributed by atoms with E-state index in [9.17, 15) is 4.79 Å². The molecule has 1 heterocycles. The van der Waals surface area contributed by atoms with Crippen LogP contribution < -0.4 is 4.74 Å². The number of likely N-dealkylation sites (N-methyl/N-ethyl adjacent to an activating group) is 1. The van der Waals surface area contributed by atoms with Crippen LogP contribution in [0.3, 0.4) is 0 Å². The Morgan fingerprint density at radius 2 is 2.22 bits per heavy atom. The van der Waals surface area contributed by atoms with Crippen LogP contribution in [0.5, 0.6) is 5.88 Å². The monoisotopic (exact) mass is 252 g/mol. The SMILES string of the molecule is CCN(CCO)C(=O)c1ccc(OC(C)C)nc1. The molecular weight excluding hydrogens is 232 g/mol. The molecule has 0 radical (unpaired) electrons. The van der Waals surface area contributed by atoms with Gasteiger partial charge in [-0.2, -0.15) is 0 Å². The van der Waals surface area contributed by atoms with Gasteiger partial charge < -0.3 is 14.7 Å². The van der Waals surface area contributed by atoms with Crippen molar-refractivity contribution in [2.75, 3.05) is 19.7 Å². The molecule has 0 saturated carbocycles. The van der Waals surface area contributed by atoms with Gasteiger partial charge >= 0.3 is 0 Å². The second-order valence-corrected chi connectivity index (χ2v) is 4.16. The van der Waals surface area contributed by atoms with Crippen molar-refractivity contribution in [3.05, 3.63) is 23.9 Å². The van der Waals surface area contributed by atoms with E-state index in [4.69, 9.17) is 9.84 Å². The average molecular weight is 252 g/mol. The Labute approximate surface area is 107 Å². The van der Waals surface area contributed by atoms with Crippen LogP contribution in [0.25, 0.3) is 0 Å². The summed E-state index contributed by atoms with van der Waals surface area (Å²) < 4.78 is 5.41. The fraction of sp³-hybridized carbons (Fsp3) is 0.538. The van der Waals surface area contributed by atoms with Crippen LogP contribution in [-0.2, 0) is 0 Å². The molecule has 1 N–H and O–H groups in total. The summed E-state index contributed by atoms with van der Waals surface area (Å²) in [4.78, 5) is 17.7. The van der Waals surface area contributed by atoms with Gasteiger partial charge in [0.2, 0.25) is 5.88 Å².